The van der Waals surface area contributed by atoms with Crippen LogP contribution in [0.5, 0.6) is 11.5 Å². The van der Waals surface area contributed by atoms with Crippen molar-refractivity contribution in [1.82, 2.24) is 4.90 Å². The van der Waals surface area contributed by atoms with Crippen LogP contribution in [0, 0.1) is 0 Å². The number of methoxy groups -OCH3 is 1. The van der Waals surface area contributed by atoms with Gasteiger partial charge in [-0.15, -0.1) is 0 Å². The van der Waals surface area contributed by atoms with E-state index in [2.05, 4.69) is 0 Å². The number of ether oxygens (including phenoxy) is 2. The average molecular weight is 268 g/mol. The standard InChI is InChI=1S/C13H20N2O2S/c1-5-17-11-8-9(6-7-10(11)16-4)12(13(14)18)15(2)3/h6-8,12H,5H2,1-4H3,(H2,14,18). The third-order valence-corrected chi connectivity index (χ3v) is 2.81. The summed E-state index contributed by atoms with van der Waals surface area (Å²) in [4.78, 5) is 2.41. The SMILES string of the molecule is CCOc1cc(C(C(N)=S)N(C)C)ccc1OC. The van der Waals surface area contributed by atoms with Gasteiger partial charge in [0.2, 0.25) is 0 Å². The molecule has 1 atom stereocenters. The van der Waals surface area contributed by atoms with Crippen LogP contribution in [0.25, 0.3) is 0 Å². The fourth-order valence-electron chi connectivity index (χ4n) is 1.85. The molecule has 0 saturated heterocycles. The van der Waals surface area contributed by atoms with Crippen LogP contribution in [0.2, 0.25) is 0 Å². The molecule has 0 radical (unpaired) electrons. The largest absolute Gasteiger partial charge is 0.493 e. The second kappa shape index (κ2) is 6.56. The lowest BCUT2D eigenvalue weighted by atomic mass is 10.1. The smallest absolute Gasteiger partial charge is 0.161 e. The minimum atomic E-state index is -0.106. The van der Waals surface area contributed by atoms with Gasteiger partial charge in [-0.1, -0.05) is 18.3 Å². The van der Waals surface area contributed by atoms with Crippen molar-refractivity contribution in [2.45, 2.75) is 13.0 Å². The zero-order valence-electron chi connectivity index (χ0n) is 11.3. The Morgan fingerprint density at radius 3 is 2.50 bits per heavy atom. The lowest BCUT2D eigenvalue weighted by Gasteiger charge is -2.24. The van der Waals surface area contributed by atoms with Gasteiger partial charge in [0.15, 0.2) is 11.5 Å². The molecule has 0 bridgehead atoms. The lowest BCUT2D eigenvalue weighted by Crippen LogP contribution is -2.31. The van der Waals surface area contributed by atoms with E-state index in [-0.39, 0.29) is 6.04 Å². The van der Waals surface area contributed by atoms with Crippen LogP contribution < -0.4 is 15.2 Å². The van der Waals surface area contributed by atoms with Crippen LogP contribution in [-0.2, 0) is 0 Å². The number of nitrogens with two attached hydrogens (primary N) is 1. The van der Waals surface area contributed by atoms with Crippen LogP contribution in [0.1, 0.15) is 18.5 Å². The molecule has 18 heavy (non-hydrogen) atoms. The predicted octanol–water partition coefficient (Wildman–Crippen LogP) is 1.98. The van der Waals surface area contributed by atoms with Crippen molar-refractivity contribution in [2.24, 2.45) is 5.73 Å². The second-order valence-corrected chi connectivity index (χ2v) is 4.58. The van der Waals surface area contributed by atoms with E-state index in [1.54, 1.807) is 7.11 Å². The summed E-state index contributed by atoms with van der Waals surface area (Å²) < 4.78 is 10.8. The van der Waals surface area contributed by atoms with Gasteiger partial charge >= 0.3 is 0 Å². The van der Waals surface area contributed by atoms with Gasteiger partial charge in [0, 0.05) is 0 Å². The molecule has 0 aliphatic carbocycles. The molecule has 0 saturated carbocycles. The second-order valence-electron chi connectivity index (χ2n) is 4.11. The van der Waals surface area contributed by atoms with Crippen LogP contribution in [-0.4, -0.2) is 37.7 Å². The van der Waals surface area contributed by atoms with Crippen molar-refractivity contribution in [3.63, 3.8) is 0 Å². The molecule has 2 N–H and O–H groups in total. The number of rotatable bonds is 6. The first-order valence-electron chi connectivity index (χ1n) is 5.77. The molecule has 0 amide bonds. The zero-order valence-corrected chi connectivity index (χ0v) is 12.1. The normalized spacial score (nSPS) is 12.3. The summed E-state index contributed by atoms with van der Waals surface area (Å²) in [5.74, 6) is 1.42. The first kappa shape index (κ1) is 14.7. The molecule has 0 fully saturated rings. The molecule has 1 aromatic rings. The van der Waals surface area contributed by atoms with Crippen molar-refractivity contribution < 1.29 is 9.47 Å². The Labute approximate surface area is 114 Å². The first-order chi connectivity index (χ1) is 8.51. The number of benzene rings is 1. The maximum absolute atomic E-state index is 5.78. The van der Waals surface area contributed by atoms with Crippen LogP contribution in [0.15, 0.2) is 18.2 Å². The van der Waals surface area contributed by atoms with E-state index in [4.69, 9.17) is 27.4 Å². The number of likely N-dealkylation sites (N-methyl/N-ethyl adjacent to an activating group) is 1. The highest BCUT2D eigenvalue weighted by molar-refractivity contribution is 7.80. The van der Waals surface area contributed by atoms with E-state index in [9.17, 15) is 0 Å². The van der Waals surface area contributed by atoms with Crippen LogP contribution in [0.4, 0.5) is 0 Å². The zero-order chi connectivity index (χ0) is 13.7. The number of hydrogen-bond acceptors (Lipinski definition) is 4. The Balaban J connectivity index is 3.16. The summed E-state index contributed by atoms with van der Waals surface area (Å²) in [6.07, 6.45) is 0. The van der Waals surface area contributed by atoms with Crippen LogP contribution >= 0.6 is 12.2 Å². The Morgan fingerprint density at radius 2 is 2.06 bits per heavy atom. The summed E-state index contributed by atoms with van der Waals surface area (Å²) in [5.41, 5.74) is 6.78. The molecule has 0 aliphatic rings. The minimum Gasteiger partial charge on any atom is -0.493 e. The maximum Gasteiger partial charge on any atom is 0.161 e. The molecule has 1 rings (SSSR count). The van der Waals surface area contributed by atoms with Crippen molar-refractivity contribution in [1.29, 1.82) is 0 Å². The van der Waals surface area contributed by atoms with Crippen molar-refractivity contribution >= 4 is 17.2 Å². The molecule has 5 heteroatoms. The fourth-order valence-corrected chi connectivity index (χ4v) is 2.20. The monoisotopic (exact) mass is 268 g/mol. The van der Waals surface area contributed by atoms with Gasteiger partial charge in [0.25, 0.3) is 0 Å². The highest BCUT2D eigenvalue weighted by Gasteiger charge is 2.19. The molecule has 0 aliphatic heterocycles. The highest BCUT2D eigenvalue weighted by atomic mass is 32.1. The predicted molar refractivity (Wildman–Crippen MR) is 77.4 cm³/mol. The van der Waals surface area contributed by atoms with E-state index in [1.165, 1.54) is 0 Å². The van der Waals surface area contributed by atoms with E-state index in [1.807, 2.05) is 44.1 Å². The third-order valence-electron chi connectivity index (χ3n) is 2.59. The molecule has 1 unspecified atom stereocenters. The molecule has 0 heterocycles. The van der Waals surface area contributed by atoms with Gasteiger partial charge < -0.3 is 15.2 Å². The number of thiocarbonyl (C=S) groups is 1. The molecule has 100 valence electrons. The quantitative estimate of drug-likeness (QED) is 0.799. The molecule has 1 aromatic carbocycles. The van der Waals surface area contributed by atoms with Crippen molar-refractivity contribution in [3.05, 3.63) is 23.8 Å². The highest BCUT2D eigenvalue weighted by Crippen LogP contribution is 2.31. The van der Waals surface area contributed by atoms with E-state index >= 15 is 0 Å². The average Bonchev–Trinajstić information content (AvgIpc) is 2.29. The molecule has 4 nitrogen and oxygen atoms in total. The summed E-state index contributed by atoms with van der Waals surface area (Å²) >= 11 is 5.11. The van der Waals surface area contributed by atoms with Gasteiger partial charge in [-0.05, 0) is 38.7 Å². The summed E-state index contributed by atoms with van der Waals surface area (Å²) in [7, 11) is 5.50. The van der Waals surface area contributed by atoms with Gasteiger partial charge in [-0.2, -0.15) is 0 Å². The molecule has 0 aromatic heterocycles. The maximum atomic E-state index is 5.78. The van der Waals surface area contributed by atoms with E-state index < -0.39 is 0 Å². The van der Waals surface area contributed by atoms with Gasteiger partial charge in [-0.25, -0.2) is 0 Å². The van der Waals surface area contributed by atoms with E-state index in [0.717, 1.165) is 5.56 Å². The minimum absolute atomic E-state index is 0.106. The molecular formula is C13H20N2O2S. The Hall–Kier alpha value is -1.33. The summed E-state index contributed by atoms with van der Waals surface area (Å²) in [5, 5.41) is 0. The topological polar surface area (TPSA) is 47.7 Å². The van der Waals surface area contributed by atoms with E-state index in [0.29, 0.717) is 23.1 Å². The Kier molecular flexibility index (Phi) is 5.37. The third kappa shape index (κ3) is 3.34. The van der Waals surface area contributed by atoms with Crippen molar-refractivity contribution in [2.75, 3.05) is 27.8 Å². The Bertz CT molecular complexity index is 421. The Morgan fingerprint density at radius 1 is 1.39 bits per heavy atom. The van der Waals surface area contributed by atoms with Crippen LogP contribution in [0.3, 0.4) is 0 Å². The molecular weight excluding hydrogens is 248 g/mol. The number of hydrogen-bond donors (Lipinski definition) is 1. The first-order valence-corrected chi connectivity index (χ1v) is 6.18. The summed E-state index contributed by atoms with van der Waals surface area (Å²) in [6, 6.07) is 5.64. The van der Waals surface area contributed by atoms with Gasteiger partial charge in [-0.3, -0.25) is 4.90 Å². The van der Waals surface area contributed by atoms with Crippen molar-refractivity contribution in [3.8, 4) is 11.5 Å². The number of nitrogens with zero attached hydrogens (tertiary/aromatic N) is 1. The molecule has 0 spiro atoms. The van der Waals surface area contributed by atoms with Gasteiger partial charge in [0.05, 0.1) is 24.7 Å². The fraction of sp³-hybridized carbons (Fsp3) is 0.462. The lowest BCUT2D eigenvalue weighted by molar-refractivity contribution is 0.308. The summed E-state index contributed by atoms with van der Waals surface area (Å²) in [6.45, 7) is 2.52. The van der Waals surface area contributed by atoms with Gasteiger partial charge in [0.1, 0.15) is 0 Å².